The van der Waals surface area contributed by atoms with Crippen LogP contribution in [-0.4, -0.2) is 52.2 Å². The zero-order chi connectivity index (χ0) is 18.6. The van der Waals surface area contributed by atoms with Crippen molar-refractivity contribution in [3.63, 3.8) is 0 Å². The molecule has 2 aromatic heterocycles. The van der Waals surface area contributed by atoms with Gasteiger partial charge in [-0.05, 0) is 51.0 Å². The Morgan fingerprint density at radius 1 is 1.26 bits per heavy atom. The van der Waals surface area contributed by atoms with E-state index in [0.717, 1.165) is 18.5 Å². The summed E-state index contributed by atoms with van der Waals surface area (Å²) in [5.74, 6) is -0.112. The number of carbonyl (C=O) groups is 1. The zero-order valence-electron chi connectivity index (χ0n) is 15.0. The van der Waals surface area contributed by atoms with Crippen LogP contribution >= 0.6 is 11.6 Å². The van der Waals surface area contributed by atoms with Crippen molar-refractivity contribution in [1.82, 2.24) is 25.4 Å². The summed E-state index contributed by atoms with van der Waals surface area (Å²) in [7, 11) is 0. The van der Waals surface area contributed by atoms with E-state index in [0.29, 0.717) is 33.9 Å². The third-order valence-electron chi connectivity index (χ3n) is 4.95. The minimum atomic E-state index is -0.112. The lowest BCUT2D eigenvalue weighted by Crippen LogP contribution is -2.28. The number of rotatable bonds is 6. The number of aromatic nitrogens is 3. The SMILES string of the molecule is O=C(NCCCN1CCCC1)c1cc(-c2ccccc2Cl)nc2[nH]ncc12. The molecule has 6 nitrogen and oxygen atoms in total. The Balaban J connectivity index is 1.52. The van der Waals surface area contributed by atoms with Crippen molar-refractivity contribution in [2.75, 3.05) is 26.2 Å². The van der Waals surface area contributed by atoms with Gasteiger partial charge in [0.2, 0.25) is 0 Å². The number of fused-ring (bicyclic) bond motifs is 1. The lowest BCUT2D eigenvalue weighted by Gasteiger charge is -2.14. The van der Waals surface area contributed by atoms with E-state index < -0.39 is 0 Å². The van der Waals surface area contributed by atoms with Crippen LogP contribution in [0.5, 0.6) is 0 Å². The molecule has 0 spiro atoms. The molecule has 1 saturated heterocycles. The van der Waals surface area contributed by atoms with Crippen molar-refractivity contribution in [2.24, 2.45) is 0 Å². The van der Waals surface area contributed by atoms with Crippen molar-refractivity contribution < 1.29 is 4.79 Å². The molecule has 1 amide bonds. The maximum atomic E-state index is 12.8. The van der Waals surface area contributed by atoms with Gasteiger partial charge >= 0.3 is 0 Å². The highest BCUT2D eigenvalue weighted by Gasteiger charge is 2.16. The Bertz CT molecular complexity index is 948. The molecule has 4 rings (SSSR count). The monoisotopic (exact) mass is 383 g/mol. The highest BCUT2D eigenvalue weighted by atomic mass is 35.5. The maximum Gasteiger partial charge on any atom is 0.252 e. The summed E-state index contributed by atoms with van der Waals surface area (Å²) in [5.41, 5.74) is 2.58. The van der Waals surface area contributed by atoms with Gasteiger partial charge in [0.05, 0.1) is 22.8 Å². The first kappa shape index (κ1) is 17.9. The number of halogens is 1. The number of carbonyl (C=O) groups excluding carboxylic acids is 1. The molecule has 2 N–H and O–H groups in total. The topological polar surface area (TPSA) is 73.9 Å². The molecule has 0 radical (unpaired) electrons. The van der Waals surface area contributed by atoms with Crippen LogP contribution in [0.15, 0.2) is 36.5 Å². The quantitative estimate of drug-likeness (QED) is 0.639. The summed E-state index contributed by atoms with van der Waals surface area (Å²) in [4.78, 5) is 19.8. The zero-order valence-corrected chi connectivity index (χ0v) is 15.8. The highest BCUT2D eigenvalue weighted by Crippen LogP contribution is 2.29. The van der Waals surface area contributed by atoms with Gasteiger partial charge in [-0.3, -0.25) is 9.89 Å². The molecule has 1 aliphatic rings. The van der Waals surface area contributed by atoms with E-state index in [2.05, 4.69) is 25.4 Å². The molecule has 7 heteroatoms. The van der Waals surface area contributed by atoms with E-state index in [1.54, 1.807) is 12.3 Å². The molecule has 27 heavy (non-hydrogen) atoms. The predicted octanol–water partition coefficient (Wildman–Crippen LogP) is 3.49. The standard InChI is InChI=1S/C20H22ClN5O/c21-17-7-2-1-6-14(17)18-12-15(16-13-23-25-19(16)24-18)20(27)22-8-5-11-26-9-3-4-10-26/h1-2,6-7,12-13H,3-5,8-11H2,(H,22,27)(H,23,24,25). The molecule has 3 aromatic rings. The molecule has 0 atom stereocenters. The van der Waals surface area contributed by atoms with Gasteiger partial charge in [0.25, 0.3) is 5.91 Å². The first-order chi connectivity index (χ1) is 13.2. The van der Waals surface area contributed by atoms with Crippen LogP contribution < -0.4 is 5.32 Å². The average Bonchev–Trinajstić information content (AvgIpc) is 3.36. The molecule has 140 valence electrons. The summed E-state index contributed by atoms with van der Waals surface area (Å²) in [6, 6.07) is 9.26. The van der Waals surface area contributed by atoms with Crippen molar-refractivity contribution in [2.45, 2.75) is 19.3 Å². The second kappa shape index (κ2) is 8.06. The van der Waals surface area contributed by atoms with Gasteiger partial charge in [0, 0.05) is 17.1 Å². The molecule has 0 unspecified atom stereocenters. The van der Waals surface area contributed by atoms with Crippen molar-refractivity contribution >= 4 is 28.5 Å². The molecule has 1 aromatic carbocycles. The van der Waals surface area contributed by atoms with E-state index in [9.17, 15) is 4.79 Å². The fraction of sp³-hybridized carbons (Fsp3) is 0.350. The van der Waals surface area contributed by atoms with E-state index in [1.807, 2.05) is 24.3 Å². The number of H-pyrrole nitrogens is 1. The van der Waals surface area contributed by atoms with E-state index in [-0.39, 0.29) is 5.91 Å². The predicted molar refractivity (Wildman–Crippen MR) is 107 cm³/mol. The average molecular weight is 384 g/mol. The summed E-state index contributed by atoms with van der Waals surface area (Å²) >= 11 is 6.31. The van der Waals surface area contributed by atoms with Crippen LogP contribution in [0.4, 0.5) is 0 Å². The number of hydrogen-bond donors (Lipinski definition) is 2. The Morgan fingerprint density at radius 3 is 2.89 bits per heavy atom. The number of pyridine rings is 1. The van der Waals surface area contributed by atoms with E-state index in [4.69, 9.17) is 11.6 Å². The summed E-state index contributed by atoms with van der Waals surface area (Å²) in [5, 5.41) is 11.2. The normalized spacial score (nSPS) is 14.7. The smallest absolute Gasteiger partial charge is 0.252 e. The third-order valence-corrected chi connectivity index (χ3v) is 5.28. The third kappa shape index (κ3) is 3.96. The molecule has 1 fully saturated rings. The first-order valence-corrected chi connectivity index (χ1v) is 9.70. The number of hydrogen-bond acceptors (Lipinski definition) is 4. The summed E-state index contributed by atoms with van der Waals surface area (Å²) < 4.78 is 0. The van der Waals surface area contributed by atoms with Gasteiger partial charge in [-0.1, -0.05) is 29.8 Å². The van der Waals surface area contributed by atoms with Crippen molar-refractivity contribution in [3.05, 3.63) is 47.1 Å². The second-order valence-electron chi connectivity index (χ2n) is 6.83. The Kier molecular flexibility index (Phi) is 5.36. The molecule has 1 aliphatic heterocycles. The van der Waals surface area contributed by atoms with Gasteiger partial charge < -0.3 is 10.2 Å². The minimum Gasteiger partial charge on any atom is -0.352 e. The minimum absolute atomic E-state index is 0.112. The Morgan fingerprint density at radius 2 is 2.07 bits per heavy atom. The van der Waals surface area contributed by atoms with E-state index >= 15 is 0 Å². The number of likely N-dealkylation sites (tertiary alicyclic amines) is 1. The number of benzene rings is 1. The number of aromatic amines is 1. The fourth-order valence-electron chi connectivity index (χ4n) is 3.53. The molecule has 3 heterocycles. The first-order valence-electron chi connectivity index (χ1n) is 9.32. The van der Waals surface area contributed by atoms with E-state index in [1.165, 1.54) is 25.9 Å². The number of nitrogens with zero attached hydrogens (tertiary/aromatic N) is 3. The van der Waals surface area contributed by atoms with Gasteiger partial charge in [-0.15, -0.1) is 0 Å². The second-order valence-corrected chi connectivity index (χ2v) is 7.23. The van der Waals surface area contributed by atoms with Gasteiger partial charge in [-0.2, -0.15) is 5.10 Å². The lowest BCUT2D eigenvalue weighted by molar-refractivity contribution is 0.0953. The summed E-state index contributed by atoms with van der Waals surface area (Å²) in [6.07, 6.45) is 5.15. The van der Waals surface area contributed by atoms with Gasteiger partial charge in [-0.25, -0.2) is 4.98 Å². The van der Waals surface area contributed by atoms with Gasteiger partial charge in [0.15, 0.2) is 5.65 Å². The molecular formula is C20H22ClN5O. The van der Waals surface area contributed by atoms with Crippen LogP contribution in [0.1, 0.15) is 29.6 Å². The van der Waals surface area contributed by atoms with Crippen molar-refractivity contribution in [3.8, 4) is 11.3 Å². The largest absolute Gasteiger partial charge is 0.352 e. The molecule has 0 aliphatic carbocycles. The Labute approximate surface area is 162 Å². The highest BCUT2D eigenvalue weighted by molar-refractivity contribution is 6.33. The Hall–Kier alpha value is -2.44. The molecule has 0 saturated carbocycles. The lowest BCUT2D eigenvalue weighted by atomic mass is 10.1. The van der Waals surface area contributed by atoms with Crippen molar-refractivity contribution in [1.29, 1.82) is 0 Å². The van der Waals surface area contributed by atoms with Gasteiger partial charge in [0.1, 0.15) is 0 Å². The van der Waals surface area contributed by atoms with Crippen LogP contribution in [0.2, 0.25) is 5.02 Å². The fourth-order valence-corrected chi connectivity index (χ4v) is 3.76. The van der Waals surface area contributed by atoms with Crippen LogP contribution in [0, 0.1) is 0 Å². The number of nitrogens with one attached hydrogen (secondary N) is 2. The summed E-state index contributed by atoms with van der Waals surface area (Å²) in [6.45, 7) is 4.03. The number of amides is 1. The molecule has 0 bridgehead atoms. The molecular weight excluding hydrogens is 362 g/mol. The van der Waals surface area contributed by atoms with Crippen LogP contribution in [0.25, 0.3) is 22.3 Å². The maximum absolute atomic E-state index is 12.8. The van der Waals surface area contributed by atoms with Crippen LogP contribution in [-0.2, 0) is 0 Å². The van der Waals surface area contributed by atoms with Crippen LogP contribution in [0.3, 0.4) is 0 Å².